The smallest absolute Gasteiger partial charge is 0.293 e. The lowest BCUT2D eigenvalue weighted by Crippen LogP contribution is -2.49. The quantitative estimate of drug-likeness (QED) is 0.900. The molecule has 0 radical (unpaired) electrons. The second-order valence-electron chi connectivity index (χ2n) is 5.74. The molecule has 3 rings (SSSR count). The number of nitrogens with one attached hydrogen (secondary N) is 1. The standard InChI is InChI=1S/C16H20N4O3S/c1-19-8-6-17-14(16(19)22)20-7-3-4-11(10-20)18-15(21)13-12(23-2)5-9-24-13/h5-6,8-9,11H,3-4,7,10H2,1-2H3,(H,18,21). The lowest BCUT2D eigenvalue weighted by Gasteiger charge is -2.33. The van der Waals surface area contributed by atoms with Gasteiger partial charge in [-0.2, -0.15) is 0 Å². The lowest BCUT2D eigenvalue weighted by atomic mass is 10.1. The van der Waals surface area contributed by atoms with E-state index in [4.69, 9.17) is 4.74 Å². The maximum absolute atomic E-state index is 12.4. The number of rotatable bonds is 4. The van der Waals surface area contributed by atoms with Gasteiger partial charge in [0.15, 0.2) is 5.82 Å². The van der Waals surface area contributed by atoms with Gasteiger partial charge in [-0.05, 0) is 24.3 Å². The largest absolute Gasteiger partial charge is 0.495 e. The van der Waals surface area contributed by atoms with Crippen LogP contribution in [0, 0.1) is 0 Å². The second-order valence-corrected chi connectivity index (χ2v) is 6.66. The third-order valence-electron chi connectivity index (χ3n) is 4.11. The van der Waals surface area contributed by atoms with Crippen molar-refractivity contribution in [2.75, 3.05) is 25.1 Å². The Labute approximate surface area is 143 Å². The van der Waals surface area contributed by atoms with Crippen molar-refractivity contribution >= 4 is 23.1 Å². The van der Waals surface area contributed by atoms with Gasteiger partial charge < -0.3 is 19.5 Å². The molecule has 0 spiro atoms. The number of carbonyl (C=O) groups excluding carboxylic acids is 1. The van der Waals surface area contributed by atoms with Crippen LogP contribution in [0.15, 0.2) is 28.6 Å². The van der Waals surface area contributed by atoms with Crippen LogP contribution in [0.2, 0.25) is 0 Å². The number of methoxy groups -OCH3 is 1. The van der Waals surface area contributed by atoms with E-state index in [1.54, 1.807) is 32.6 Å². The number of hydrogen-bond donors (Lipinski definition) is 1. The molecule has 1 amide bonds. The predicted molar refractivity (Wildman–Crippen MR) is 93.1 cm³/mol. The van der Waals surface area contributed by atoms with Crippen molar-refractivity contribution in [3.05, 3.63) is 39.1 Å². The molecule has 1 N–H and O–H groups in total. The van der Waals surface area contributed by atoms with Crippen LogP contribution in [0.25, 0.3) is 0 Å². The number of ether oxygens (including phenoxy) is 1. The van der Waals surface area contributed by atoms with Gasteiger partial charge in [-0.25, -0.2) is 4.98 Å². The van der Waals surface area contributed by atoms with E-state index in [0.29, 0.717) is 23.0 Å². The normalized spacial score (nSPS) is 17.6. The molecule has 2 aromatic rings. The number of nitrogens with zero attached hydrogens (tertiary/aromatic N) is 3. The van der Waals surface area contributed by atoms with Gasteiger partial charge in [-0.1, -0.05) is 0 Å². The van der Waals surface area contributed by atoms with Crippen molar-refractivity contribution in [3.8, 4) is 5.75 Å². The summed E-state index contributed by atoms with van der Waals surface area (Å²) in [6.45, 7) is 1.34. The van der Waals surface area contributed by atoms with Gasteiger partial charge in [0.05, 0.1) is 7.11 Å². The molecule has 1 fully saturated rings. The summed E-state index contributed by atoms with van der Waals surface area (Å²) in [5, 5.41) is 4.87. The number of aryl methyl sites for hydroxylation is 1. The van der Waals surface area contributed by atoms with Crippen LogP contribution in [0.1, 0.15) is 22.5 Å². The highest BCUT2D eigenvalue weighted by Gasteiger charge is 2.25. The molecule has 0 aliphatic carbocycles. The van der Waals surface area contributed by atoms with Crippen LogP contribution in [-0.4, -0.2) is 41.7 Å². The van der Waals surface area contributed by atoms with E-state index in [1.165, 1.54) is 15.9 Å². The van der Waals surface area contributed by atoms with Gasteiger partial charge in [0.1, 0.15) is 10.6 Å². The predicted octanol–water partition coefficient (Wildman–Crippen LogP) is 1.25. The molecule has 0 bridgehead atoms. The molecule has 128 valence electrons. The monoisotopic (exact) mass is 348 g/mol. The average molecular weight is 348 g/mol. The molecule has 1 unspecified atom stereocenters. The summed E-state index contributed by atoms with van der Waals surface area (Å²) >= 11 is 1.36. The highest BCUT2D eigenvalue weighted by Crippen LogP contribution is 2.24. The lowest BCUT2D eigenvalue weighted by molar-refractivity contribution is 0.0934. The Morgan fingerprint density at radius 1 is 1.50 bits per heavy atom. The van der Waals surface area contributed by atoms with Gasteiger partial charge in [0.25, 0.3) is 11.5 Å². The third-order valence-corrected chi connectivity index (χ3v) is 5.00. The molecular formula is C16H20N4O3S. The fraction of sp³-hybridized carbons (Fsp3) is 0.438. The fourth-order valence-electron chi connectivity index (χ4n) is 2.86. The average Bonchev–Trinajstić information content (AvgIpc) is 3.06. The molecule has 0 aromatic carbocycles. The Bertz CT molecular complexity index is 786. The molecule has 1 aliphatic rings. The minimum Gasteiger partial charge on any atom is -0.495 e. The van der Waals surface area contributed by atoms with E-state index in [0.717, 1.165) is 19.4 Å². The summed E-state index contributed by atoms with van der Waals surface area (Å²) in [7, 11) is 3.26. The Kier molecular flexibility index (Phi) is 4.84. The first kappa shape index (κ1) is 16.5. The first-order valence-electron chi connectivity index (χ1n) is 7.79. The van der Waals surface area contributed by atoms with Crippen molar-refractivity contribution in [1.29, 1.82) is 0 Å². The molecule has 24 heavy (non-hydrogen) atoms. The number of piperidine rings is 1. The first-order chi connectivity index (χ1) is 11.6. The zero-order chi connectivity index (χ0) is 17.1. The molecule has 0 saturated carbocycles. The zero-order valence-electron chi connectivity index (χ0n) is 13.7. The topological polar surface area (TPSA) is 76.5 Å². The van der Waals surface area contributed by atoms with Gasteiger partial charge in [-0.15, -0.1) is 11.3 Å². The van der Waals surface area contributed by atoms with Crippen LogP contribution in [0.5, 0.6) is 5.75 Å². The summed E-state index contributed by atoms with van der Waals surface area (Å²) in [6, 6.07) is 1.76. The summed E-state index contributed by atoms with van der Waals surface area (Å²) in [6.07, 6.45) is 5.03. The highest BCUT2D eigenvalue weighted by molar-refractivity contribution is 7.12. The van der Waals surface area contributed by atoms with Crippen molar-refractivity contribution < 1.29 is 9.53 Å². The summed E-state index contributed by atoms with van der Waals surface area (Å²) in [4.78, 5) is 31.4. The van der Waals surface area contributed by atoms with E-state index >= 15 is 0 Å². The van der Waals surface area contributed by atoms with E-state index in [2.05, 4.69) is 10.3 Å². The molecule has 2 aromatic heterocycles. The summed E-state index contributed by atoms with van der Waals surface area (Å²) in [5.74, 6) is 0.888. The molecule has 1 saturated heterocycles. The van der Waals surface area contributed by atoms with Crippen molar-refractivity contribution in [2.45, 2.75) is 18.9 Å². The van der Waals surface area contributed by atoms with Crippen LogP contribution in [0.3, 0.4) is 0 Å². The first-order valence-corrected chi connectivity index (χ1v) is 8.67. The fourth-order valence-corrected chi connectivity index (χ4v) is 3.62. The third kappa shape index (κ3) is 3.28. The van der Waals surface area contributed by atoms with E-state index in [-0.39, 0.29) is 17.5 Å². The van der Waals surface area contributed by atoms with E-state index < -0.39 is 0 Å². The van der Waals surface area contributed by atoms with Gasteiger partial charge in [0.2, 0.25) is 0 Å². The molecule has 3 heterocycles. The molecule has 8 heteroatoms. The number of carbonyl (C=O) groups is 1. The second kappa shape index (κ2) is 7.04. The van der Waals surface area contributed by atoms with Crippen LogP contribution in [0.4, 0.5) is 5.82 Å². The number of aromatic nitrogens is 2. The number of thiophene rings is 1. The number of amides is 1. The Hall–Kier alpha value is -2.35. The zero-order valence-corrected chi connectivity index (χ0v) is 14.5. The molecule has 7 nitrogen and oxygen atoms in total. The molecule has 1 atom stereocenters. The Morgan fingerprint density at radius 3 is 3.12 bits per heavy atom. The number of hydrogen-bond acceptors (Lipinski definition) is 6. The maximum atomic E-state index is 12.4. The van der Waals surface area contributed by atoms with Crippen molar-refractivity contribution in [2.24, 2.45) is 7.05 Å². The SMILES string of the molecule is COc1ccsc1C(=O)NC1CCCN(c2nccn(C)c2=O)C1. The van der Waals surface area contributed by atoms with Crippen LogP contribution >= 0.6 is 11.3 Å². The van der Waals surface area contributed by atoms with Gasteiger partial charge in [-0.3, -0.25) is 9.59 Å². The van der Waals surface area contributed by atoms with Gasteiger partial charge >= 0.3 is 0 Å². The maximum Gasteiger partial charge on any atom is 0.293 e. The van der Waals surface area contributed by atoms with Gasteiger partial charge in [0, 0.05) is 38.6 Å². The Morgan fingerprint density at radius 2 is 2.33 bits per heavy atom. The number of anilines is 1. The summed E-state index contributed by atoms with van der Waals surface area (Å²) in [5.41, 5.74) is -0.121. The van der Waals surface area contributed by atoms with E-state index in [9.17, 15) is 9.59 Å². The molecular weight excluding hydrogens is 328 g/mol. The van der Waals surface area contributed by atoms with Crippen LogP contribution in [-0.2, 0) is 7.05 Å². The van der Waals surface area contributed by atoms with Crippen LogP contribution < -0.4 is 20.5 Å². The minimum absolute atomic E-state index is 0.0234. The molecule has 1 aliphatic heterocycles. The minimum atomic E-state index is -0.136. The highest BCUT2D eigenvalue weighted by atomic mass is 32.1. The summed E-state index contributed by atoms with van der Waals surface area (Å²) < 4.78 is 6.71. The van der Waals surface area contributed by atoms with Crippen molar-refractivity contribution in [3.63, 3.8) is 0 Å². The van der Waals surface area contributed by atoms with Crippen molar-refractivity contribution in [1.82, 2.24) is 14.9 Å². The van der Waals surface area contributed by atoms with E-state index in [1.807, 2.05) is 10.3 Å². The Balaban J connectivity index is 1.71.